The Bertz CT molecular complexity index is 401. The molecule has 2 heteroatoms. The lowest BCUT2D eigenvalue weighted by molar-refractivity contribution is -0.957. The van der Waals surface area contributed by atoms with Crippen LogP contribution in [0.15, 0.2) is 24.3 Å². The number of benzene rings is 1. The first-order valence-corrected chi connectivity index (χ1v) is 8.05. The average Bonchev–Trinajstić information content (AvgIpc) is 2.94. The fourth-order valence-corrected chi connectivity index (χ4v) is 3.96. The molecule has 0 bridgehead atoms. The SMILES string of the molecule is Cc1cccc(C[NH+]2CCC([NH+]3CCCC3)CC2)c1. The lowest BCUT2D eigenvalue weighted by Crippen LogP contribution is -3.19. The second-order valence-corrected chi connectivity index (χ2v) is 6.56. The van der Waals surface area contributed by atoms with Gasteiger partial charge in [-0.15, -0.1) is 0 Å². The van der Waals surface area contributed by atoms with Crippen molar-refractivity contribution in [3.05, 3.63) is 35.4 Å². The quantitative estimate of drug-likeness (QED) is 0.769. The molecular weight excluding hydrogens is 232 g/mol. The monoisotopic (exact) mass is 260 g/mol. The molecule has 19 heavy (non-hydrogen) atoms. The standard InChI is InChI=1S/C17H26N2/c1-15-5-4-6-16(13-15)14-18-11-7-17(8-12-18)19-9-2-3-10-19/h4-6,13,17H,2-3,7-12,14H2,1H3/p+2. The van der Waals surface area contributed by atoms with Gasteiger partial charge in [-0.05, 0) is 6.92 Å². The predicted octanol–water partition coefficient (Wildman–Crippen LogP) is 0.221. The van der Waals surface area contributed by atoms with E-state index < -0.39 is 0 Å². The topological polar surface area (TPSA) is 8.88 Å². The first-order valence-electron chi connectivity index (χ1n) is 8.05. The molecular formula is C17H28N2+2. The Morgan fingerprint density at radius 3 is 2.47 bits per heavy atom. The van der Waals surface area contributed by atoms with Crippen molar-refractivity contribution in [3.8, 4) is 0 Å². The molecule has 3 rings (SSSR count). The zero-order valence-corrected chi connectivity index (χ0v) is 12.3. The molecule has 0 atom stereocenters. The molecule has 0 aliphatic carbocycles. The molecule has 0 saturated carbocycles. The lowest BCUT2D eigenvalue weighted by atomic mass is 10.0. The maximum Gasteiger partial charge on any atom is 0.103 e. The second kappa shape index (κ2) is 6.06. The van der Waals surface area contributed by atoms with E-state index >= 15 is 0 Å². The van der Waals surface area contributed by atoms with Gasteiger partial charge in [0.2, 0.25) is 0 Å². The summed E-state index contributed by atoms with van der Waals surface area (Å²) >= 11 is 0. The average molecular weight is 260 g/mol. The molecule has 0 spiro atoms. The third-order valence-corrected chi connectivity index (χ3v) is 5.05. The lowest BCUT2D eigenvalue weighted by Gasteiger charge is -2.32. The van der Waals surface area contributed by atoms with Crippen LogP contribution in [0.4, 0.5) is 0 Å². The zero-order chi connectivity index (χ0) is 13.1. The molecule has 104 valence electrons. The zero-order valence-electron chi connectivity index (χ0n) is 12.3. The van der Waals surface area contributed by atoms with Crippen LogP contribution in [0.5, 0.6) is 0 Å². The summed E-state index contributed by atoms with van der Waals surface area (Å²) in [5.74, 6) is 0. The van der Waals surface area contributed by atoms with Crippen LogP contribution >= 0.6 is 0 Å². The van der Waals surface area contributed by atoms with Crippen molar-refractivity contribution < 1.29 is 9.80 Å². The normalized spacial score (nSPS) is 28.7. The summed E-state index contributed by atoms with van der Waals surface area (Å²) in [5.41, 5.74) is 2.91. The molecule has 2 aliphatic rings. The van der Waals surface area contributed by atoms with Gasteiger partial charge in [0.15, 0.2) is 0 Å². The van der Waals surface area contributed by atoms with Gasteiger partial charge >= 0.3 is 0 Å². The van der Waals surface area contributed by atoms with Crippen LogP contribution in [-0.2, 0) is 6.54 Å². The molecule has 2 N–H and O–H groups in total. The van der Waals surface area contributed by atoms with E-state index in [0.29, 0.717) is 0 Å². The number of hydrogen-bond donors (Lipinski definition) is 2. The van der Waals surface area contributed by atoms with Crippen LogP contribution in [0.1, 0.15) is 36.8 Å². The first-order chi connectivity index (χ1) is 9.31. The van der Waals surface area contributed by atoms with Gasteiger partial charge in [-0.3, -0.25) is 0 Å². The van der Waals surface area contributed by atoms with E-state index in [0.717, 1.165) is 6.04 Å². The van der Waals surface area contributed by atoms with Crippen LogP contribution in [0.2, 0.25) is 0 Å². The highest BCUT2D eigenvalue weighted by atomic mass is 15.2. The largest absolute Gasteiger partial charge is 0.332 e. The number of piperidine rings is 1. The summed E-state index contributed by atoms with van der Waals surface area (Å²) in [6.45, 7) is 9.06. The van der Waals surface area contributed by atoms with E-state index in [1.165, 1.54) is 69.5 Å². The second-order valence-electron chi connectivity index (χ2n) is 6.56. The van der Waals surface area contributed by atoms with Gasteiger partial charge in [0, 0.05) is 31.2 Å². The smallest absolute Gasteiger partial charge is 0.103 e. The van der Waals surface area contributed by atoms with Gasteiger partial charge in [0.25, 0.3) is 0 Å². The van der Waals surface area contributed by atoms with Gasteiger partial charge in [-0.25, -0.2) is 0 Å². The molecule has 2 nitrogen and oxygen atoms in total. The van der Waals surface area contributed by atoms with Crippen LogP contribution in [0.25, 0.3) is 0 Å². The molecule has 2 saturated heterocycles. The summed E-state index contributed by atoms with van der Waals surface area (Å²) in [5, 5.41) is 0. The van der Waals surface area contributed by atoms with Gasteiger partial charge in [-0.2, -0.15) is 0 Å². The highest BCUT2D eigenvalue weighted by molar-refractivity contribution is 5.21. The maximum atomic E-state index is 2.35. The third kappa shape index (κ3) is 3.37. The molecule has 2 heterocycles. The van der Waals surface area contributed by atoms with Crippen molar-refractivity contribution in [2.24, 2.45) is 0 Å². The number of aryl methyl sites for hydroxylation is 1. The summed E-state index contributed by atoms with van der Waals surface area (Å²) in [6, 6.07) is 10.0. The van der Waals surface area contributed by atoms with Crippen molar-refractivity contribution in [1.29, 1.82) is 0 Å². The van der Waals surface area contributed by atoms with Crippen LogP contribution < -0.4 is 9.80 Å². The van der Waals surface area contributed by atoms with Gasteiger partial charge in [-0.1, -0.05) is 29.8 Å². The van der Waals surface area contributed by atoms with Gasteiger partial charge in [0.05, 0.1) is 32.2 Å². The number of likely N-dealkylation sites (tertiary alicyclic amines) is 2. The van der Waals surface area contributed by atoms with E-state index in [9.17, 15) is 0 Å². The number of rotatable bonds is 3. The van der Waals surface area contributed by atoms with E-state index in [1.807, 2.05) is 4.90 Å². The molecule has 2 fully saturated rings. The molecule has 1 aromatic rings. The summed E-state index contributed by atoms with van der Waals surface area (Å²) in [6.07, 6.45) is 5.81. The fourth-order valence-electron chi connectivity index (χ4n) is 3.96. The van der Waals surface area contributed by atoms with E-state index in [2.05, 4.69) is 31.2 Å². The van der Waals surface area contributed by atoms with Crippen molar-refractivity contribution in [3.63, 3.8) is 0 Å². The fraction of sp³-hybridized carbons (Fsp3) is 0.647. The maximum absolute atomic E-state index is 2.35. The van der Waals surface area contributed by atoms with Crippen LogP contribution in [0.3, 0.4) is 0 Å². The Kier molecular flexibility index (Phi) is 4.19. The molecule has 0 unspecified atom stereocenters. The van der Waals surface area contributed by atoms with Gasteiger partial charge in [0.1, 0.15) is 6.54 Å². The Balaban J connectivity index is 1.50. The summed E-state index contributed by atoms with van der Waals surface area (Å²) < 4.78 is 0. The third-order valence-electron chi connectivity index (χ3n) is 5.05. The van der Waals surface area contributed by atoms with Gasteiger partial charge < -0.3 is 9.80 Å². The van der Waals surface area contributed by atoms with Crippen molar-refractivity contribution in [2.75, 3.05) is 26.2 Å². The molecule has 0 aromatic heterocycles. The Labute approximate surface area is 117 Å². The number of hydrogen-bond acceptors (Lipinski definition) is 0. The Morgan fingerprint density at radius 2 is 1.79 bits per heavy atom. The van der Waals surface area contributed by atoms with Crippen LogP contribution in [-0.4, -0.2) is 32.2 Å². The minimum atomic E-state index is 0.976. The highest BCUT2D eigenvalue weighted by Gasteiger charge is 2.31. The molecule has 0 radical (unpaired) electrons. The summed E-state index contributed by atoms with van der Waals surface area (Å²) in [4.78, 5) is 3.70. The minimum Gasteiger partial charge on any atom is -0.332 e. The Morgan fingerprint density at radius 1 is 1.05 bits per heavy atom. The molecule has 1 aromatic carbocycles. The van der Waals surface area contributed by atoms with Crippen molar-refractivity contribution >= 4 is 0 Å². The summed E-state index contributed by atoms with van der Waals surface area (Å²) in [7, 11) is 0. The van der Waals surface area contributed by atoms with E-state index in [-0.39, 0.29) is 0 Å². The van der Waals surface area contributed by atoms with Crippen molar-refractivity contribution in [1.82, 2.24) is 0 Å². The number of quaternary nitrogens is 2. The highest BCUT2D eigenvalue weighted by Crippen LogP contribution is 2.04. The number of nitrogens with one attached hydrogen (secondary N) is 2. The Hall–Kier alpha value is -0.860. The van der Waals surface area contributed by atoms with E-state index in [4.69, 9.17) is 0 Å². The first kappa shape index (κ1) is 13.1. The predicted molar refractivity (Wildman–Crippen MR) is 78.5 cm³/mol. The van der Waals surface area contributed by atoms with E-state index in [1.54, 1.807) is 4.90 Å². The molecule has 2 aliphatic heterocycles. The van der Waals surface area contributed by atoms with Crippen molar-refractivity contribution in [2.45, 2.75) is 45.2 Å². The minimum absolute atomic E-state index is 0.976. The molecule has 0 amide bonds. The van der Waals surface area contributed by atoms with Crippen LogP contribution in [0, 0.1) is 6.92 Å².